The van der Waals surface area contributed by atoms with Gasteiger partial charge in [-0.1, -0.05) is 0 Å². The highest BCUT2D eigenvalue weighted by Gasteiger charge is 2.22. The Balaban J connectivity index is 2.75. The Labute approximate surface area is 115 Å². The van der Waals surface area contributed by atoms with Gasteiger partial charge in [0.15, 0.2) is 5.69 Å². The van der Waals surface area contributed by atoms with Gasteiger partial charge in [0.25, 0.3) is 0 Å². The van der Waals surface area contributed by atoms with E-state index >= 15 is 0 Å². The van der Waals surface area contributed by atoms with Crippen molar-refractivity contribution < 1.29 is 18.7 Å². The summed E-state index contributed by atoms with van der Waals surface area (Å²) in [7, 11) is 1.43. The van der Waals surface area contributed by atoms with Crippen molar-refractivity contribution in [3.8, 4) is 11.3 Å². The molecule has 0 amide bonds. The van der Waals surface area contributed by atoms with Crippen molar-refractivity contribution >= 4 is 21.9 Å². The Morgan fingerprint density at radius 1 is 1.37 bits per heavy atom. The van der Waals surface area contributed by atoms with Gasteiger partial charge in [0.1, 0.15) is 11.6 Å². The SMILES string of the molecule is Cc1cc(Br)c(F)c(-c2cc(C(=O)O)nn2C)c1F. The standard InChI is InChI=1S/C12H9BrF2N2O2/c1-5-3-6(13)11(15)9(10(5)14)8-4-7(12(18)19)16-17(8)2/h3-4H,1-2H3,(H,18,19). The summed E-state index contributed by atoms with van der Waals surface area (Å²) in [5.74, 6) is -2.78. The summed E-state index contributed by atoms with van der Waals surface area (Å²) in [5, 5.41) is 12.5. The number of carbonyl (C=O) groups is 1. The Morgan fingerprint density at radius 2 is 2.00 bits per heavy atom. The lowest BCUT2D eigenvalue weighted by atomic mass is 10.1. The largest absolute Gasteiger partial charge is 0.476 e. The molecule has 0 aliphatic heterocycles. The lowest BCUT2D eigenvalue weighted by Crippen LogP contribution is -2.01. The summed E-state index contributed by atoms with van der Waals surface area (Å²) in [4.78, 5) is 10.8. The van der Waals surface area contributed by atoms with Crippen LogP contribution in [0.5, 0.6) is 0 Å². The van der Waals surface area contributed by atoms with E-state index in [1.54, 1.807) is 0 Å². The number of benzene rings is 1. The van der Waals surface area contributed by atoms with Gasteiger partial charge in [-0.15, -0.1) is 0 Å². The van der Waals surface area contributed by atoms with Crippen LogP contribution in [0.4, 0.5) is 8.78 Å². The van der Waals surface area contributed by atoms with Gasteiger partial charge >= 0.3 is 5.97 Å². The molecule has 7 heteroatoms. The maximum Gasteiger partial charge on any atom is 0.356 e. The molecule has 0 spiro atoms. The summed E-state index contributed by atoms with van der Waals surface area (Å²) in [5.41, 5.74) is -0.249. The second-order valence-electron chi connectivity index (χ2n) is 4.02. The molecule has 1 N–H and O–H groups in total. The van der Waals surface area contributed by atoms with E-state index in [0.717, 1.165) is 10.7 Å². The quantitative estimate of drug-likeness (QED) is 0.860. The molecule has 100 valence electrons. The minimum atomic E-state index is -1.26. The fourth-order valence-corrected chi connectivity index (χ4v) is 2.30. The molecule has 0 saturated carbocycles. The van der Waals surface area contributed by atoms with Crippen molar-refractivity contribution in [1.82, 2.24) is 9.78 Å². The molecule has 19 heavy (non-hydrogen) atoms. The predicted molar refractivity (Wildman–Crippen MR) is 68.0 cm³/mol. The van der Waals surface area contributed by atoms with Crippen LogP contribution in [0, 0.1) is 18.6 Å². The number of aromatic carboxylic acids is 1. The number of nitrogens with zero attached hydrogens (tertiary/aromatic N) is 2. The van der Waals surface area contributed by atoms with Gasteiger partial charge in [-0.2, -0.15) is 5.10 Å². The molecule has 0 bridgehead atoms. The maximum atomic E-state index is 14.1. The fraction of sp³-hybridized carbons (Fsp3) is 0.167. The third kappa shape index (κ3) is 2.25. The van der Waals surface area contributed by atoms with Crippen molar-refractivity contribution in [3.63, 3.8) is 0 Å². The summed E-state index contributed by atoms with van der Waals surface area (Å²) < 4.78 is 29.4. The summed E-state index contributed by atoms with van der Waals surface area (Å²) >= 11 is 3.00. The molecule has 2 rings (SSSR count). The van der Waals surface area contributed by atoms with Crippen molar-refractivity contribution in [2.75, 3.05) is 0 Å². The second kappa shape index (κ2) is 4.73. The van der Waals surface area contributed by atoms with Gasteiger partial charge in [-0.05, 0) is 40.5 Å². The van der Waals surface area contributed by atoms with Crippen LogP contribution in [0.25, 0.3) is 11.3 Å². The fourth-order valence-electron chi connectivity index (χ4n) is 1.76. The molecule has 0 saturated heterocycles. The highest BCUT2D eigenvalue weighted by Crippen LogP contribution is 2.32. The number of rotatable bonds is 2. The molecule has 4 nitrogen and oxygen atoms in total. The molecule has 0 fully saturated rings. The molecule has 0 unspecified atom stereocenters. The van der Waals surface area contributed by atoms with Crippen molar-refractivity contribution in [2.24, 2.45) is 7.05 Å². The zero-order valence-electron chi connectivity index (χ0n) is 10.0. The van der Waals surface area contributed by atoms with Gasteiger partial charge in [-0.3, -0.25) is 4.68 Å². The summed E-state index contributed by atoms with van der Waals surface area (Å²) in [6, 6.07) is 2.46. The molecular weight excluding hydrogens is 322 g/mol. The minimum Gasteiger partial charge on any atom is -0.476 e. The van der Waals surface area contributed by atoms with Crippen LogP contribution >= 0.6 is 15.9 Å². The Kier molecular flexibility index (Phi) is 3.40. The van der Waals surface area contributed by atoms with E-state index in [0.29, 0.717) is 0 Å². The number of hydrogen-bond donors (Lipinski definition) is 1. The van der Waals surface area contributed by atoms with Gasteiger partial charge in [0.2, 0.25) is 0 Å². The molecule has 2 aromatic rings. The monoisotopic (exact) mass is 330 g/mol. The van der Waals surface area contributed by atoms with Crippen LogP contribution in [-0.2, 0) is 7.05 Å². The average molecular weight is 331 g/mol. The molecule has 1 aromatic heterocycles. The average Bonchev–Trinajstić information content (AvgIpc) is 2.70. The molecule has 0 atom stereocenters. The molecule has 0 aliphatic carbocycles. The Hall–Kier alpha value is -1.76. The third-order valence-electron chi connectivity index (χ3n) is 2.69. The van der Waals surface area contributed by atoms with E-state index in [9.17, 15) is 13.6 Å². The molecule has 1 heterocycles. The molecule has 0 aliphatic rings. The van der Waals surface area contributed by atoms with E-state index in [1.807, 2.05) is 0 Å². The topological polar surface area (TPSA) is 55.1 Å². The second-order valence-corrected chi connectivity index (χ2v) is 4.88. The van der Waals surface area contributed by atoms with Gasteiger partial charge < -0.3 is 5.11 Å². The third-order valence-corrected chi connectivity index (χ3v) is 3.27. The lowest BCUT2D eigenvalue weighted by Gasteiger charge is -2.09. The number of carboxylic acid groups (broad SMARTS) is 1. The number of carboxylic acids is 1. The van der Waals surface area contributed by atoms with Crippen molar-refractivity contribution in [2.45, 2.75) is 6.92 Å². The van der Waals surface area contributed by atoms with Gasteiger partial charge in [0, 0.05) is 7.05 Å². The number of halogens is 3. The van der Waals surface area contributed by atoms with E-state index in [-0.39, 0.29) is 27.0 Å². The van der Waals surface area contributed by atoms with Crippen molar-refractivity contribution in [3.05, 3.63) is 39.5 Å². The van der Waals surface area contributed by atoms with E-state index in [1.165, 1.54) is 20.0 Å². The zero-order chi connectivity index (χ0) is 14.3. The zero-order valence-corrected chi connectivity index (χ0v) is 11.6. The van der Waals surface area contributed by atoms with Crippen LogP contribution in [-0.4, -0.2) is 20.9 Å². The van der Waals surface area contributed by atoms with Gasteiger partial charge in [-0.25, -0.2) is 13.6 Å². The predicted octanol–water partition coefficient (Wildman–Crippen LogP) is 3.13. The Bertz CT molecular complexity index is 657. The Morgan fingerprint density at radius 3 is 2.53 bits per heavy atom. The molecule has 0 radical (unpaired) electrons. The smallest absolute Gasteiger partial charge is 0.356 e. The summed E-state index contributed by atoms with van der Waals surface area (Å²) in [6.07, 6.45) is 0. The first-order valence-electron chi connectivity index (χ1n) is 5.24. The van der Waals surface area contributed by atoms with Crippen LogP contribution < -0.4 is 0 Å². The first kappa shape index (κ1) is 13.7. The molecular formula is C12H9BrF2N2O2. The van der Waals surface area contributed by atoms with E-state index < -0.39 is 17.6 Å². The van der Waals surface area contributed by atoms with Gasteiger partial charge in [0.05, 0.1) is 15.7 Å². The van der Waals surface area contributed by atoms with E-state index in [4.69, 9.17) is 5.11 Å². The van der Waals surface area contributed by atoms with Crippen LogP contribution in [0.2, 0.25) is 0 Å². The van der Waals surface area contributed by atoms with Crippen LogP contribution in [0.15, 0.2) is 16.6 Å². The molecule has 1 aromatic carbocycles. The maximum absolute atomic E-state index is 14.1. The highest BCUT2D eigenvalue weighted by atomic mass is 79.9. The van der Waals surface area contributed by atoms with E-state index in [2.05, 4.69) is 21.0 Å². The highest BCUT2D eigenvalue weighted by molar-refractivity contribution is 9.10. The first-order chi connectivity index (χ1) is 8.82. The van der Waals surface area contributed by atoms with Crippen LogP contribution in [0.1, 0.15) is 16.1 Å². The summed E-state index contributed by atoms with van der Waals surface area (Å²) in [6.45, 7) is 1.50. The normalized spacial score (nSPS) is 10.8. The first-order valence-corrected chi connectivity index (χ1v) is 6.04. The van der Waals surface area contributed by atoms with Crippen molar-refractivity contribution in [1.29, 1.82) is 0 Å². The number of aromatic nitrogens is 2. The lowest BCUT2D eigenvalue weighted by molar-refractivity contribution is 0.0689. The number of hydrogen-bond acceptors (Lipinski definition) is 2. The van der Waals surface area contributed by atoms with Crippen LogP contribution in [0.3, 0.4) is 0 Å². The number of aryl methyl sites for hydroxylation is 2. The minimum absolute atomic E-state index is 0.0665.